The third kappa shape index (κ3) is 5.44. The highest BCUT2D eigenvalue weighted by atomic mass is 32.1. The second-order valence-corrected chi connectivity index (χ2v) is 9.54. The highest BCUT2D eigenvalue weighted by Crippen LogP contribution is 2.33. The Morgan fingerprint density at radius 2 is 1.94 bits per heavy atom. The number of ether oxygens (including phenoxy) is 2. The van der Waals surface area contributed by atoms with E-state index in [2.05, 4.69) is 10.4 Å². The SMILES string of the molecule is CC(C)(C)OC(=O)N1CCC(c2nc(C(Oc3ccccc3)n3ccnc3)cs2)CC1. The van der Waals surface area contributed by atoms with E-state index in [-0.39, 0.29) is 12.3 Å². The second kappa shape index (κ2) is 9.09. The van der Waals surface area contributed by atoms with Crippen LogP contribution in [0, 0.1) is 0 Å². The molecule has 1 amide bonds. The summed E-state index contributed by atoms with van der Waals surface area (Å²) in [4.78, 5) is 23.2. The van der Waals surface area contributed by atoms with Crippen LogP contribution in [0.3, 0.4) is 0 Å². The molecule has 0 N–H and O–H groups in total. The van der Waals surface area contributed by atoms with Crippen molar-refractivity contribution in [3.8, 4) is 5.75 Å². The lowest BCUT2D eigenvalue weighted by Crippen LogP contribution is -2.41. The average molecular weight is 441 g/mol. The summed E-state index contributed by atoms with van der Waals surface area (Å²) in [5.74, 6) is 1.11. The van der Waals surface area contributed by atoms with Gasteiger partial charge >= 0.3 is 6.09 Å². The van der Waals surface area contributed by atoms with E-state index in [4.69, 9.17) is 14.5 Å². The van der Waals surface area contributed by atoms with Crippen LogP contribution in [0.4, 0.5) is 4.79 Å². The van der Waals surface area contributed by atoms with Gasteiger partial charge in [-0.3, -0.25) is 4.57 Å². The summed E-state index contributed by atoms with van der Waals surface area (Å²) in [6.45, 7) is 7.04. The highest BCUT2D eigenvalue weighted by Gasteiger charge is 2.29. The summed E-state index contributed by atoms with van der Waals surface area (Å²) in [7, 11) is 0. The van der Waals surface area contributed by atoms with Gasteiger partial charge in [0.2, 0.25) is 6.23 Å². The number of benzene rings is 1. The maximum absolute atomic E-state index is 12.3. The number of para-hydroxylation sites is 1. The number of imidazole rings is 1. The van der Waals surface area contributed by atoms with Crippen LogP contribution in [-0.2, 0) is 4.74 Å². The van der Waals surface area contributed by atoms with Crippen molar-refractivity contribution in [2.24, 2.45) is 0 Å². The quantitative estimate of drug-likeness (QED) is 0.553. The number of rotatable bonds is 5. The number of carbonyl (C=O) groups excluding carboxylic acids is 1. The first-order valence-electron chi connectivity index (χ1n) is 10.5. The molecule has 0 saturated carbocycles. The van der Waals surface area contributed by atoms with Crippen LogP contribution < -0.4 is 4.74 Å². The molecule has 8 heteroatoms. The molecule has 0 radical (unpaired) electrons. The van der Waals surface area contributed by atoms with Crippen molar-refractivity contribution < 1.29 is 14.3 Å². The zero-order valence-electron chi connectivity index (χ0n) is 18.1. The number of thiazole rings is 1. The summed E-state index contributed by atoms with van der Waals surface area (Å²) < 4.78 is 13.7. The number of hydrogen-bond acceptors (Lipinski definition) is 6. The lowest BCUT2D eigenvalue weighted by molar-refractivity contribution is 0.0204. The van der Waals surface area contributed by atoms with Gasteiger partial charge in [0.25, 0.3) is 0 Å². The summed E-state index contributed by atoms with van der Waals surface area (Å²) in [5.41, 5.74) is 0.385. The molecule has 2 aromatic heterocycles. The Morgan fingerprint density at radius 3 is 2.58 bits per heavy atom. The lowest BCUT2D eigenvalue weighted by Gasteiger charge is -2.32. The molecule has 1 fully saturated rings. The third-order valence-electron chi connectivity index (χ3n) is 5.08. The molecule has 3 heterocycles. The first kappa shape index (κ1) is 21.4. The van der Waals surface area contributed by atoms with Gasteiger partial charge < -0.3 is 14.4 Å². The Kier molecular flexibility index (Phi) is 6.27. The van der Waals surface area contributed by atoms with Gasteiger partial charge in [0, 0.05) is 36.8 Å². The van der Waals surface area contributed by atoms with Gasteiger partial charge in [-0.2, -0.15) is 0 Å². The largest absolute Gasteiger partial charge is 0.464 e. The summed E-state index contributed by atoms with van der Waals surface area (Å²) in [5, 5.41) is 3.14. The van der Waals surface area contributed by atoms with Gasteiger partial charge in [-0.25, -0.2) is 14.8 Å². The van der Waals surface area contributed by atoms with Gasteiger partial charge in [0.05, 0.1) is 11.3 Å². The fraction of sp³-hybridized carbons (Fsp3) is 0.435. The summed E-state index contributed by atoms with van der Waals surface area (Å²) in [6.07, 6.45) is 6.50. The molecular formula is C23H28N4O3S. The van der Waals surface area contributed by atoms with E-state index in [0.29, 0.717) is 19.0 Å². The Hall–Kier alpha value is -2.87. The van der Waals surface area contributed by atoms with Gasteiger partial charge in [0.15, 0.2) is 0 Å². The van der Waals surface area contributed by atoms with E-state index in [1.54, 1.807) is 28.8 Å². The fourth-order valence-electron chi connectivity index (χ4n) is 3.55. The molecule has 31 heavy (non-hydrogen) atoms. The van der Waals surface area contributed by atoms with E-state index in [1.807, 2.05) is 61.9 Å². The van der Waals surface area contributed by atoms with Crippen LogP contribution in [0.25, 0.3) is 0 Å². The van der Waals surface area contributed by atoms with Gasteiger partial charge in [-0.15, -0.1) is 11.3 Å². The van der Waals surface area contributed by atoms with Crippen molar-refractivity contribution in [1.29, 1.82) is 0 Å². The summed E-state index contributed by atoms with van der Waals surface area (Å²) >= 11 is 1.65. The van der Waals surface area contributed by atoms with Crippen LogP contribution >= 0.6 is 11.3 Å². The van der Waals surface area contributed by atoms with Crippen LogP contribution in [0.1, 0.15) is 56.5 Å². The van der Waals surface area contributed by atoms with E-state index >= 15 is 0 Å². The number of nitrogens with zero attached hydrogens (tertiary/aromatic N) is 4. The molecule has 1 saturated heterocycles. The molecule has 1 atom stereocenters. The zero-order chi connectivity index (χ0) is 21.8. The maximum atomic E-state index is 12.3. The minimum absolute atomic E-state index is 0.234. The van der Waals surface area contributed by atoms with E-state index in [1.165, 1.54) is 0 Å². The molecule has 0 aliphatic carbocycles. The maximum Gasteiger partial charge on any atom is 0.410 e. The number of likely N-dealkylation sites (tertiary alicyclic amines) is 1. The molecule has 1 unspecified atom stereocenters. The first-order valence-corrected chi connectivity index (χ1v) is 11.4. The van der Waals surface area contributed by atoms with Crippen LogP contribution in [-0.4, -0.2) is 44.2 Å². The van der Waals surface area contributed by atoms with Gasteiger partial charge in [-0.05, 0) is 45.7 Å². The third-order valence-corrected chi connectivity index (χ3v) is 6.10. The molecule has 1 aromatic carbocycles. The molecule has 7 nitrogen and oxygen atoms in total. The minimum Gasteiger partial charge on any atom is -0.464 e. The smallest absolute Gasteiger partial charge is 0.410 e. The fourth-order valence-corrected chi connectivity index (χ4v) is 4.54. The Morgan fingerprint density at radius 1 is 1.19 bits per heavy atom. The Balaban J connectivity index is 1.44. The van der Waals surface area contributed by atoms with Crippen molar-refractivity contribution >= 4 is 17.4 Å². The molecule has 0 bridgehead atoms. The van der Waals surface area contributed by atoms with E-state index in [0.717, 1.165) is 29.3 Å². The lowest BCUT2D eigenvalue weighted by atomic mass is 9.98. The second-order valence-electron chi connectivity index (χ2n) is 8.65. The van der Waals surface area contributed by atoms with Crippen LogP contribution in [0.15, 0.2) is 54.4 Å². The standard InChI is InChI=1S/C23H28N4O3S/c1-23(2,3)30-22(28)26-12-9-17(10-13-26)20-25-19(15-31-20)21(27-14-11-24-16-27)29-18-7-5-4-6-8-18/h4-8,11,14-17,21H,9-10,12-13H2,1-3H3. The number of piperidine rings is 1. The number of carbonyl (C=O) groups is 1. The van der Waals surface area contributed by atoms with Gasteiger partial charge in [-0.1, -0.05) is 18.2 Å². The average Bonchev–Trinajstić information content (AvgIpc) is 3.44. The molecule has 1 aliphatic heterocycles. The minimum atomic E-state index is -0.473. The van der Waals surface area contributed by atoms with Gasteiger partial charge in [0.1, 0.15) is 17.0 Å². The normalized spacial score (nSPS) is 16.2. The highest BCUT2D eigenvalue weighted by molar-refractivity contribution is 7.09. The van der Waals surface area contributed by atoms with Crippen molar-refractivity contribution in [2.45, 2.75) is 51.4 Å². The van der Waals surface area contributed by atoms with Crippen LogP contribution in [0.5, 0.6) is 5.75 Å². The van der Waals surface area contributed by atoms with E-state index < -0.39 is 5.60 Å². The zero-order valence-corrected chi connectivity index (χ0v) is 18.9. The van der Waals surface area contributed by atoms with Crippen molar-refractivity contribution in [3.63, 3.8) is 0 Å². The molecule has 3 aromatic rings. The predicted octanol–water partition coefficient (Wildman–Crippen LogP) is 5.08. The molecule has 1 aliphatic rings. The molecule has 0 spiro atoms. The van der Waals surface area contributed by atoms with Crippen LogP contribution in [0.2, 0.25) is 0 Å². The molecular weight excluding hydrogens is 412 g/mol. The molecule has 4 rings (SSSR count). The summed E-state index contributed by atoms with van der Waals surface area (Å²) in [6, 6.07) is 9.73. The van der Waals surface area contributed by atoms with Crippen molar-refractivity contribution in [3.05, 3.63) is 65.1 Å². The predicted molar refractivity (Wildman–Crippen MR) is 119 cm³/mol. The Bertz CT molecular complexity index is 974. The number of aromatic nitrogens is 3. The monoisotopic (exact) mass is 440 g/mol. The Labute approximate surface area is 186 Å². The van der Waals surface area contributed by atoms with Crippen molar-refractivity contribution in [1.82, 2.24) is 19.4 Å². The van der Waals surface area contributed by atoms with E-state index in [9.17, 15) is 4.79 Å². The molecule has 164 valence electrons. The first-order chi connectivity index (χ1) is 14.9. The topological polar surface area (TPSA) is 69.5 Å². The number of amides is 1. The number of hydrogen-bond donors (Lipinski definition) is 0. The van der Waals surface area contributed by atoms with Crippen molar-refractivity contribution in [2.75, 3.05) is 13.1 Å².